The average molecular weight is 207 g/mol. The lowest BCUT2D eigenvalue weighted by Crippen LogP contribution is -2.33. The van der Waals surface area contributed by atoms with E-state index in [1.807, 2.05) is 13.8 Å². The van der Waals surface area contributed by atoms with Crippen molar-refractivity contribution in [1.29, 1.82) is 0 Å². The monoisotopic (exact) mass is 207 g/mol. The summed E-state index contributed by atoms with van der Waals surface area (Å²) in [6, 6.07) is 0.147. The molecule has 0 spiro atoms. The Morgan fingerprint density at radius 1 is 1.33 bits per heavy atom. The minimum Gasteiger partial charge on any atom is -0.472 e. The topological polar surface area (TPSA) is 61.0 Å². The first-order chi connectivity index (χ1) is 7.16. The van der Waals surface area contributed by atoms with Gasteiger partial charge >= 0.3 is 0 Å². The van der Waals surface area contributed by atoms with Crippen LogP contribution in [0.3, 0.4) is 0 Å². The highest BCUT2D eigenvalue weighted by Gasteiger charge is 2.26. The summed E-state index contributed by atoms with van der Waals surface area (Å²) in [5.41, 5.74) is 7.78. The summed E-state index contributed by atoms with van der Waals surface area (Å²) in [4.78, 5) is 8.55. The van der Waals surface area contributed by atoms with Gasteiger partial charge < -0.3 is 10.5 Å². The van der Waals surface area contributed by atoms with E-state index in [2.05, 4.69) is 9.97 Å². The van der Waals surface area contributed by atoms with Crippen LogP contribution >= 0.6 is 0 Å². The van der Waals surface area contributed by atoms with Gasteiger partial charge in [0.1, 0.15) is 6.10 Å². The zero-order valence-electron chi connectivity index (χ0n) is 9.23. The zero-order valence-corrected chi connectivity index (χ0v) is 9.23. The van der Waals surface area contributed by atoms with Crippen molar-refractivity contribution in [2.24, 2.45) is 5.73 Å². The Hall–Kier alpha value is -1.16. The molecule has 0 saturated heterocycles. The number of nitrogens with zero attached hydrogens (tertiary/aromatic N) is 2. The number of rotatable bonds is 2. The van der Waals surface area contributed by atoms with Crippen molar-refractivity contribution in [2.45, 2.75) is 45.3 Å². The van der Waals surface area contributed by atoms with E-state index < -0.39 is 0 Å². The maximum atomic E-state index is 5.92. The summed E-state index contributed by atoms with van der Waals surface area (Å²) in [5, 5.41) is 0. The van der Waals surface area contributed by atoms with Gasteiger partial charge in [0.05, 0.1) is 17.6 Å². The van der Waals surface area contributed by atoms with Gasteiger partial charge in [-0.15, -0.1) is 0 Å². The van der Waals surface area contributed by atoms with E-state index in [9.17, 15) is 0 Å². The second-order valence-electron chi connectivity index (χ2n) is 4.13. The zero-order chi connectivity index (χ0) is 10.8. The predicted octanol–water partition coefficient (Wildman–Crippen LogP) is 1.35. The molecule has 2 unspecified atom stereocenters. The summed E-state index contributed by atoms with van der Waals surface area (Å²) >= 11 is 0. The molecule has 2 atom stereocenters. The lowest BCUT2D eigenvalue weighted by molar-refractivity contribution is 0.182. The molecular formula is C11H17N3O. The molecule has 1 aliphatic carbocycles. The van der Waals surface area contributed by atoms with E-state index in [-0.39, 0.29) is 12.1 Å². The third kappa shape index (κ3) is 2.26. The van der Waals surface area contributed by atoms with Crippen LogP contribution in [0, 0.1) is 13.8 Å². The first-order valence-corrected chi connectivity index (χ1v) is 5.39. The highest BCUT2D eigenvalue weighted by atomic mass is 16.5. The molecule has 1 aliphatic rings. The van der Waals surface area contributed by atoms with Gasteiger partial charge in [-0.2, -0.15) is 0 Å². The predicted molar refractivity (Wildman–Crippen MR) is 57.7 cm³/mol. The van der Waals surface area contributed by atoms with Crippen LogP contribution in [0.15, 0.2) is 6.20 Å². The Labute approximate surface area is 89.9 Å². The van der Waals surface area contributed by atoms with Crippen molar-refractivity contribution >= 4 is 0 Å². The SMILES string of the molecule is Cc1ncc(OC2CCCC2N)nc1C. The molecule has 2 rings (SSSR count). The van der Waals surface area contributed by atoms with Gasteiger partial charge in [-0.1, -0.05) is 0 Å². The van der Waals surface area contributed by atoms with Gasteiger partial charge in [0.2, 0.25) is 5.88 Å². The van der Waals surface area contributed by atoms with E-state index in [0.29, 0.717) is 5.88 Å². The van der Waals surface area contributed by atoms with E-state index in [1.165, 1.54) is 0 Å². The third-order valence-corrected chi connectivity index (χ3v) is 2.95. The summed E-state index contributed by atoms with van der Waals surface area (Å²) in [6.07, 6.45) is 5.00. The normalized spacial score (nSPS) is 25.5. The van der Waals surface area contributed by atoms with E-state index in [1.54, 1.807) is 6.20 Å². The minimum atomic E-state index is 0.112. The van der Waals surface area contributed by atoms with Crippen molar-refractivity contribution in [1.82, 2.24) is 9.97 Å². The molecule has 15 heavy (non-hydrogen) atoms. The Morgan fingerprint density at radius 2 is 2.13 bits per heavy atom. The van der Waals surface area contributed by atoms with Crippen LogP contribution in [0.25, 0.3) is 0 Å². The fraction of sp³-hybridized carbons (Fsp3) is 0.636. The Kier molecular flexibility index (Phi) is 2.86. The molecule has 0 aliphatic heterocycles. The summed E-state index contributed by atoms with van der Waals surface area (Å²) < 4.78 is 5.72. The summed E-state index contributed by atoms with van der Waals surface area (Å²) in [7, 11) is 0. The molecular weight excluding hydrogens is 190 g/mol. The van der Waals surface area contributed by atoms with Gasteiger partial charge in [-0.3, -0.25) is 4.98 Å². The summed E-state index contributed by atoms with van der Waals surface area (Å²) in [5.74, 6) is 0.598. The number of ether oxygens (including phenoxy) is 1. The van der Waals surface area contributed by atoms with Crippen LogP contribution in [0.5, 0.6) is 5.88 Å². The first kappa shape index (κ1) is 10.4. The van der Waals surface area contributed by atoms with Gasteiger partial charge in [-0.05, 0) is 33.1 Å². The highest BCUT2D eigenvalue weighted by molar-refractivity contribution is 5.14. The van der Waals surface area contributed by atoms with Crippen molar-refractivity contribution in [3.63, 3.8) is 0 Å². The van der Waals surface area contributed by atoms with Crippen LogP contribution in [0.4, 0.5) is 0 Å². The molecule has 1 saturated carbocycles. The van der Waals surface area contributed by atoms with Gasteiger partial charge in [-0.25, -0.2) is 4.98 Å². The Morgan fingerprint density at radius 3 is 2.73 bits per heavy atom. The van der Waals surface area contributed by atoms with E-state index in [4.69, 9.17) is 10.5 Å². The molecule has 1 aromatic heterocycles. The van der Waals surface area contributed by atoms with Crippen LogP contribution in [-0.2, 0) is 0 Å². The maximum Gasteiger partial charge on any atom is 0.232 e. The van der Waals surface area contributed by atoms with Crippen LogP contribution in [0.1, 0.15) is 30.7 Å². The average Bonchev–Trinajstić information content (AvgIpc) is 2.59. The molecule has 0 bridgehead atoms. The first-order valence-electron chi connectivity index (χ1n) is 5.39. The second kappa shape index (κ2) is 4.14. The fourth-order valence-corrected chi connectivity index (χ4v) is 1.83. The number of hydrogen-bond acceptors (Lipinski definition) is 4. The van der Waals surface area contributed by atoms with Crippen LogP contribution < -0.4 is 10.5 Å². The number of hydrogen-bond donors (Lipinski definition) is 1. The Balaban J connectivity index is 2.07. The highest BCUT2D eigenvalue weighted by Crippen LogP contribution is 2.22. The molecule has 4 heteroatoms. The molecule has 82 valence electrons. The standard InChI is InChI=1S/C11H17N3O/c1-7-8(2)14-11(6-13-7)15-10-5-3-4-9(10)12/h6,9-10H,3-5,12H2,1-2H3. The van der Waals surface area contributed by atoms with Gasteiger partial charge in [0.15, 0.2) is 0 Å². The molecule has 0 amide bonds. The van der Waals surface area contributed by atoms with Gasteiger partial charge in [0.25, 0.3) is 0 Å². The van der Waals surface area contributed by atoms with Crippen molar-refractivity contribution < 1.29 is 4.74 Å². The summed E-state index contributed by atoms with van der Waals surface area (Å²) in [6.45, 7) is 3.87. The van der Waals surface area contributed by atoms with Crippen LogP contribution in [-0.4, -0.2) is 22.1 Å². The number of nitrogens with two attached hydrogens (primary N) is 1. The second-order valence-corrected chi connectivity index (χ2v) is 4.13. The minimum absolute atomic E-state index is 0.112. The van der Waals surface area contributed by atoms with Crippen molar-refractivity contribution in [3.05, 3.63) is 17.6 Å². The molecule has 2 N–H and O–H groups in total. The van der Waals surface area contributed by atoms with Crippen LogP contribution in [0.2, 0.25) is 0 Å². The smallest absolute Gasteiger partial charge is 0.232 e. The van der Waals surface area contributed by atoms with Gasteiger partial charge in [0, 0.05) is 6.04 Å². The van der Waals surface area contributed by atoms with E-state index >= 15 is 0 Å². The number of aryl methyl sites for hydroxylation is 2. The molecule has 0 radical (unpaired) electrons. The third-order valence-electron chi connectivity index (χ3n) is 2.95. The molecule has 1 heterocycles. The molecule has 1 aromatic rings. The number of aromatic nitrogens is 2. The fourth-order valence-electron chi connectivity index (χ4n) is 1.83. The van der Waals surface area contributed by atoms with Crippen molar-refractivity contribution in [3.8, 4) is 5.88 Å². The lowest BCUT2D eigenvalue weighted by Gasteiger charge is -2.17. The molecule has 0 aromatic carbocycles. The molecule has 4 nitrogen and oxygen atoms in total. The molecule has 1 fully saturated rings. The van der Waals surface area contributed by atoms with Crippen molar-refractivity contribution in [2.75, 3.05) is 0 Å². The maximum absolute atomic E-state index is 5.92. The van der Waals surface area contributed by atoms with E-state index in [0.717, 1.165) is 30.7 Å². The largest absolute Gasteiger partial charge is 0.472 e. The Bertz CT molecular complexity index is 354. The lowest BCUT2D eigenvalue weighted by atomic mass is 10.2. The quantitative estimate of drug-likeness (QED) is 0.795.